The molecule has 1 atom stereocenters. The fourth-order valence-corrected chi connectivity index (χ4v) is 6.77. The lowest BCUT2D eigenvalue weighted by Gasteiger charge is -2.21. The van der Waals surface area contributed by atoms with Crippen molar-refractivity contribution in [3.05, 3.63) is 131 Å². The topological polar surface area (TPSA) is 147 Å². The molecule has 1 heterocycles. The van der Waals surface area contributed by atoms with Crippen molar-refractivity contribution in [2.24, 2.45) is 0 Å². The van der Waals surface area contributed by atoms with Crippen LogP contribution in [0, 0.1) is 0 Å². The molecule has 1 amide bonds. The third kappa shape index (κ3) is 8.94. The van der Waals surface area contributed by atoms with Gasteiger partial charge < -0.3 is 9.84 Å². The Morgan fingerprint density at radius 3 is 2.08 bits per heavy atom. The number of carbonyl (C=O) groups is 1. The van der Waals surface area contributed by atoms with Crippen molar-refractivity contribution >= 4 is 26.0 Å². The number of sulfonamides is 1. The Kier molecular flexibility index (Phi) is 10.8. The van der Waals surface area contributed by atoms with Gasteiger partial charge in [-0.3, -0.25) is 9.35 Å². The van der Waals surface area contributed by atoms with Gasteiger partial charge in [-0.05, 0) is 70.0 Å². The number of hydrogen-bond acceptors (Lipinski definition) is 7. The van der Waals surface area contributed by atoms with Crippen LogP contribution in [0.25, 0.3) is 22.5 Å². The summed E-state index contributed by atoms with van der Waals surface area (Å²) in [4.78, 5) is 12.7. The van der Waals surface area contributed by atoms with Crippen LogP contribution >= 0.6 is 0 Å². The summed E-state index contributed by atoms with van der Waals surface area (Å²) in [6.45, 7) is 6.30. The maximum absolute atomic E-state index is 12.5. The van der Waals surface area contributed by atoms with E-state index in [-0.39, 0.29) is 22.8 Å². The highest BCUT2D eigenvalue weighted by Gasteiger charge is 2.23. The minimum Gasteiger partial charge on any atom is -0.356 e. The molecule has 0 spiro atoms. The van der Waals surface area contributed by atoms with Crippen LogP contribution in [0.4, 0.5) is 0 Å². The molecular formula is C38H41N3O7S2. The first-order valence-electron chi connectivity index (χ1n) is 16.0. The van der Waals surface area contributed by atoms with Crippen molar-refractivity contribution in [1.29, 1.82) is 0 Å². The Morgan fingerprint density at radius 1 is 0.840 bits per heavy atom. The molecule has 12 heteroatoms. The number of carbonyl (C=O) groups excluding carboxylic acids is 1. The fraction of sp³-hybridized carbons (Fsp3) is 0.263. The Bertz CT molecular complexity index is 2170. The number of nitrogens with one attached hydrogen (secondary N) is 1. The van der Waals surface area contributed by atoms with E-state index in [2.05, 4.69) is 55.5 Å². The number of aromatic nitrogens is 1. The summed E-state index contributed by atoms with van der Waals surface area (Å²) in [6.07, 6.45) is 0.563. The van der Waals surface area contributed by atoms with Crippen LogP contribution < -0.4 is 5.32 Å². The fourth-order valence-electron chi connectivity index (χ4n) is 5.50. The van der Waals surface area contributed by atoms with Gasteiger partial charge in [0.05, 0.1) is 16.3 Å². The van der Waals surface area contributed by atoms with E-state index in [4.69, 9.17) is 9.08 Å². The van der Waals surface area contributed by atoms with Gasteiger partial charge in [-0.25, -0.2) is 12.7 Å². The van der Waals surface area contributed by atoms with Crippen LogP contribution in [-0.2, 0) is 32.0 Å². The number of hydrogen-bond donors (Lipinski definition) is 2. The second-order valence-electron chi connectivity index (χ2n) is 13.4. The Hall–Kier alpha value is -4.62. The molecule has 1 unspecified atom stereocenters. The SMILES string of the molecule is CN(C)S(=O)(=O)c1ccc(-c2cccc(-c3cc(C(Cc4ccc(C(=O)NCCS(=O)(=O)O)cc4)c4ccc(C(C)(C)C)cc4)no3)c2)cc1. The van der Waals surface area contributed by atoms with E-state index in [1.54, 1.807) is 36.4 Å². The minimum absolute atomic E-state index is 0.0151. The molecule has 1 aromatic heterocycles. The van der Waals surface area contributed by atoms with Crippen LogP contribution in [0.15, 0.2) is 113 Å². The van der Waals surface area contributed by atoms with Crippen molar-refractivity contribution in [3.8, 4) is 22.5 Å². The van der Waals surface area contributed by atoms with Crippen LogP contribution in [0.5, 0.6) is 0 Å². The normalized spacial score (nSPS) is 12.9. The highest BCUT2D eigenvalue weighted by molar-refractivity contribution is 7.89. The van der Waals surface area contributed by atoms with Crippen LogP contribution in [0.3, 0.4) is 0 Å². The van der Waals surface area contributed by atoms with E-state index < -0.39 is 31.8 Å². The largest absolute Gasteiger partial charge is 0.356 e. The van der Waals surface area contributed by atoms with E-state index >= 15 is 0 Å². The summed E-state index contributed by atoms with van der Waals surface area (Å²) in [5, 5.41) is 7.02. The van der Waals surface area contributed by atoms with Crippen molar-refractivity contribution < 1.29 is 30.7 Å². The second-order valence-corrected chi connectivity index (χ2v) is 17.1. The van der Waals surface area contributed by atoms with Gasteiger partial charge in [0.1, 0.15) is 0 Å². The third-order valence-electron chi connectivity index (χ3n) is 8.48. The molecule has 10 nitrogen and oxygen atoms in total. The van der Waals surface area contributed by atoms with E-state index in [9.17, 15) is 21.6 Å². The zero-order valence-electron chi connectivity index (χ0n) is 28.6. The summed E-state index contributed by atoms with van der Waals surface area (Å²) in [5.41, 5.74) is 6.86. The number of benzene rings is 4. The van der Waals surface area contributed by atoms with E-state index in [0.29, 0.717) is 17.7 Å². The standard InChI is InChI=1S/C38H41N3O7S2/c1-38(2,3)32-17-13-28(14-18-32)34(23-26-9-11-29(12-10-26)37(42)39-21-22-49(43,44)45)35-25-36(48-40-35)31-8-6-7-30(24-31)27-15-19-33(20-16-27)50(46,47)41(4)5/h6-20,24-25,34H,21-23H2,1-5H3,(H,39,42)(H,43,44,45). The number of rotatable bonds is 12. The third-order valence-corrected chi connectivity index (χ3v) is 11.0. The number of amides is 1. The molecule has 0 bridgehead atoms. The molecule has 5 rings (SSSR count). The maximum atomic E-state index is 12.5. The van der Waals surface area contributed by atoms with Gasteiger partial charge in [-0.2, -0.15) is 8.42 Å². The summed E-state index contributed by atoms with van der Waals surface area (Å²) < 4.78 is 63.0. The molecule has 0 radical (unpaired) electrons. The summed E-state index contributed by atoms with van der Waals surface area (Å²) in [7, 11) is -4.70. The molecular weight excluding hydrogens is 675 g/mol. The number of nitrogens with zero attached hydrogens (tertiary/aromatic N) is 2. The lowest BCUT2D eigenvalue weighted by Crippen LogP contribution is -2.28. The lowest BCUT2D eigenvalue weighted by atomic mass is 9.83. The quantitative estimate of drug-likeness (QED) is 0.138. The molecule has 262 valence electrons. The average Bonchev–Trinajstić information content (AvgIpc) is 3.57. The van der Waals surface area contributed by atoms with Crippen molar-refractivity contribution in [2.45, 2.75) is 43.4 Å². The molecule has 2 N–H and O–H groups in total. The van der Waals surface area contributed by atoms with Crippen LogP contribution in [0.1, 0.15) is 59.4 Å². The van der Waals surface area contributed by atoms with Gasteiger partial charge in [0.2, 0.25) is 10.0 Å². The first-order valence-corrected chi connectivity index (χ1v) is 19.1. The van der Waals surface area contributed by atoms with Crippen molar-refractivity contribution in [1.82, 2.24) is 14.8 Å². The molecule has 0 saturated heterocycles. The summed E-state index contributed by atoms with van der Waals surface area (Å²) >= 11 is 0. The maximum Gasteiger partial charge on any atom is 0.266 e. The second kappa shape index (κ2) is 14.7. The van der Waals surface area contributed by atoms with E-state index in [1.807, 2.05) is 42.5 Å². The predicted molar refractivity (Wildman–Crippen MR) is 194 cm³/mol. The van der Waals surface area contributed by atoms with Crippen LogP contribution in [-0.4, -0.2) is 63.2 Å². The molecule has 0 aliphatic rings. The predicted octanol–water partition coefficient (Wildman–Crippen LogP) is 6.55. The van der Waals surface area contributed by atoms with Crippen LogP contribution in [0.2, 0.25) is 0 Å². The van der Waals surface area contributed by atoms with E-state index in [1.165, 1.54) is 24.0 Å². The monoisotopic (exact) mass is 715 g/mol. The summed E-state index contributed by atoms with van der Waals surface area (Å²) in [5.74, 6) is -0.591. The minimum atomic E-state index is -4.17. The van der Waals surface area contributed by atoms with Crippen molar-refractivity contribution in [2.75, 3.05) is 26.4 Å². The Balaban J connectivity index is 1.41. The highest BCUT2D eigenvalue weighted by atomic mass is 32.2. The first kappa shape index (κ1) is 36.7. The molecule has 0 aliphatic carbocycles. The molecule has 4 aromatic carbocycles. The van der Waals surface area contributed by atoms with Crippen molar-refractivity contribution in [3.63, 3.8) is 0 Å². The zero-order chi connectivity index (χ0) is 36.3. The molecule has 0 saturated carbocycles. The highest BCUT2D eigenvalue weighted by Crippen LogP contribution is 2.34. The summed E-state index contributed by atoms with van der Waals surface area (Å²) in [6, 6.07) is 32.0. The van der Waals surface area contributed by atoms with Gasteiger partial charge in [-0.1, -0.05) is 92.7 Å². The lowest BCUT2D eigenvalue weighted by molar-refractivity contribution is 0.0956. The first-order chi connectivity index (χ1) is 23.5. The van der Waals surface area contributed by atoms with Gasteiger partial charge in [0.15, 0.2) is 5.76 Å². The average molecular weight is 716 g/mol. The van der Waals surface area contributed by atoms with Gasteiger partial charge in [-0.15, -0.1) is 0 Å². The molecule has 5 aromatic rings. The molecule has 50 heavy (non-hydrogen) atoms. The van der Waals surface area contributed by atoms with Gasteiger partial charge in [0.25, 0.3) is 16.0 Å². The zero-order valence-corrected chi connectivity index (χ0v) is 30.3. The smallest absolute Gasteiger partial charge is 0.266 e. The molecule has 0 fully saturated rings. The molecule has 0 aliphatic heterocycles. The van der Waals surface area contributed by atoms with Gasteiger partial charge >= 0.3 is 0 Å². The van der Waals surface area contributed by atoms with Gasteiger partial charge in [0, 0.05) is 43.8 Å². The Morgan fingerprint density at radius 2 is 1.48 bits per heavy atom. The van der Waals surface area contributed by atoms with E-state index in [0.717, 1.165) is 33.5 Å². The Labute approximate surface area is 294 Å².